The van der Waals surface area contributed by atoms with Crippen LogP contribution < -0.4 is 5.32 Å². The average molecular weight is 314 g/mol. The van der Waals surface area contributed by atoms with Crippen LogP contribution in [-0.4, -0.2) is 30.3 Å². The van der Waals surface area contributed by atoms with Crippen LogP contribution in [0.3, 0.4) is 0 Å². The molecule has 98 valence electrons. The summed E-state index contributed by atoms with van der Waals surface area (Å²) < 4.78 is 6.09. The number of ether oxygens (including phenoxy) is 1. The van der Waals surface area contributed by atoms with Crippen LogP contribution in [0.2, 0.25) is 0 Å². The lowest BCUT2D eigenvalue weighted by atomic mass is 10.0. The number of carboxylic acid groups (broad SMARTS) is 1. The molecule has 1 saturated heterocycles. The zero-order chi connectivity index (χ0) is 13.1. The minimum atomic E-state index is -0.925. The molecule has 0 bridgehead atoms. The molecule has 1 heterocycles. The Hall–Kier alpha value is -1.07. The minimum Gasteiger partial charge on any atom is -0.478 e. The lowest BCUT2D eigenvalue weighted by Gasteiger charge is -2.16. The average Bonchev–Trinajstić information content (AvgIpc) is 2.72. The zero-order valence-electron chi connectivity index (χ0n) is 10.1. The summed E-state index contributed by atoms with van der Waals surface area (Å²) in [6, 6.07) is 5.18. The molecule has 0 aliphatic carbocycles. The molecule has 0 spiro atoms. The Labute approximate surface area is 114 Å². The molecular formula is C13H16BrNO3. The number of rotatable bonds is 4. The Bertz CT molecular complexity index is 450. The second-order valence-electron chi connectivity index (χ2n) is 4.51. The monoisotopic (exact) mass is 313 g/mol. The lowest BCUT2D eigenvalue weighted by Crippen LogP contribution is -2.20. The highest BCUT2D eigenvalue weighted by molar-refractivity contribution is 9.10. The topological polar surface area (TPSA) is 58.6 Å². The normalized spacial score (nSPS) is 23.0. The summed E-state index contributed by atoms with van der Waals surface area (Å²) in [4.78, 5) is 10.9. The molecule has 18 heavy (non-hydrogen) atoms. The molecule has 2 atom stereocenters. The van der Waals surface area contributed by atoms with Gasteiger partial charge in [0.1, 0.15) is 0 Å². The number of nitrogens with one attached hydrogen (secondary N) is 1. The Morgan fingerprint density at radius 3 is 2.94 bits per heavy atom. The molecule has 1 fully saturated rings. The van der Waals surface area contributed by atoms with Crippen LogP contribution in [0, 0.1) is 5.92 Å². The molecule has 0 saturated carbocycles. The van der Waals surface area contributed by atoms with Crippen molar-refractivity contribution in [2.75, 3.05) is 18.5 Å². The van der Waals surface area contributed by atoms with Gasteiger partial charge in [0.2, 0.25) is 0 Å². The van der Waals surface area contributed by atoms with E-state index < -0.39 is 5.97 Å². The molecule has 2 unspecified atom stereocenters. The van der Waals surface area contributed by atoms with E-state index in [1.54, 1.807) is 18.2 Å². The van der Waals surface area contributed by atoms with Gasteiger partial charge in [0, 0.05) is 29.2 Å². The van der Waals surface area contributed by atoms with Gasteiger partial charge in [-0.2, -0.15) is 0 Å². The van der Waals surface area contributed by atoms with E-state index in [-0.39, 0.29) is 5.56 Å². The van der Waals surface area contributed by atoms with Gasteiger partial charge in [0.05, 0.1) is 11.7 Å². The van der Waals surface area contributed by atoms with Crippen molar-refractivity contribution >= 4 is 27.6 Å². The number of carboxylic acids is 1. The number of anilines is 1. The minimum absolute atomic E-state index is 0.276. The summed E-state index contributed by atoms with van der Waals surface area (Å²) >= 11 is 3.27. The summed E-state index contributed by atoms with van der Waals surface area (Å²) in [7, 11) is 0. The van der Waals surface area contributed by atoms with Crippen LogP contribution in [0.4, 0.5) is 5.69 Å². The molecule has 5 heteroatoms. The third kappa shape index (κ3) is 3.03. The maximum absolute atomic E-state index is 10.9. The number of benzene rings is 1. The van der Waals surface area contributed by atoms with E-state index >= 15 is 0 Å². The Kier molecular flexibility index (Phi) is 4.24. The summed E-state index contributed by atoms with van der Waals surface area (Å²) in [5.41, 5.74) is 1.20. The van der Waals surface area contributed by atoms with E-state index in [0.717, 1.165) is 25.3 Å². The number of hydrogen-bond donors (Lipinski definition) is 2. The number of halogens is 1. The van der Waals surface area contributed by atoms with E-state index in [2.05, 4.69) is 28.2 Å². The molecule has 0 aromatic heterocycles. The molecule has 2 rings (SSSR count). The first-order chi connectivity index (χ1) is 8.58. The zero-order valence-corrected chi connectivity index (χ0v) is 11.7. The van der Waals surface area contributed by atoms with Gasteiger partial charge in [-0.05, 0) is 47.5 Å². The lowest BCUT2D eigenvalue weighted by molar-refractivity contribution is 0.0696. The molecule has 1 aromatic rings. The van der Waals surface area contributed by atoms with Crippen molar-refractivity contribution in [2.45, 2.75) is 19.4 Å². The molecule has 0 radical (unpaired) electrons. The van der Waals surface area contributed by atoms with Crippen molar-refractivity contribution in [3.63, 3.8) is 0 Å². The van der Waals surface area contributed by atoms with E-state index in [1.807, 2.05) is 0 Å². The van der Waals surface area contributed by atoms with Crippen molar-refractivity contribution in [3.05, 3.63) is 28.2 Å². The van der Waals surface area contributed by atoms with Gasteiger partial charge in [-0.1, -0.05) is 0 Å². The van der Waals surface area contributed by atoms with Crippen molar-refractivity contribution in [3.8, 4) is 0 Å². The molecule has 2 N–H and O–H groups in total. The Balaban J connectivity index is 1.98. The standard InChI is InChI=1S/C13H16BrNO3/c1-8-9(4-5-18-8)7-15-10-2-3-11(13(16)17)12(14)6-10/h2-3,6,8-9,15H,4-5,7H2,1H3,(H,16,17). The smallest absolute Gasteiger partial charge is 0.336 e. The van der Waals surface area contributed by atoms with Gasteiger partial charge in [0.15, 0.2) is 0 Å². The second kappa shape index (κ2) is 5.71. The maximum atomic E-state index is 10.9. The van der Waals surface area contributed by atoms with E-state index in [9.17, 15) is 4.79 Å². The summed E-state index contributed by atoms with van der Waals surface area (Å²) in [6.07, 6.45) is 1.36. The van der Waals surface area contributed by atoms with Crippen molar-refractivity contribution in [1.82, 2.24) is 0 Å². The molecular weight excluding hydrogens is 298 g/mol. The van der Waals surface area contributed by atoms with Crippen LogP contribution in [0.25, 0.3) is 0 Å². The largest absolute Gasteiger partial charge is 0.478 e. The SMILES string of the molecule is CC1OCCC1CNc1ccc(C(=O)O)c(Br)c1. The Morgan fingerprint density at radius 1 is 1.61 bits per heavy atom. The third-order valence-electron chi connectivity index (χ3n) is 3.30. The predicted molar refractivity (Wildman–Crippen MR) is 73.1 cm³/mol. The quantitative estimate of drug-likeness (QED) is 0.897. The van der Waals surface area contributed by atoms with Gasteiger partial charge >= 0.3 is 5.97 Å². The number of hydrogen-bond acceptors (Lipinski definition) is 3. The van der Waals surface area contributed by atoms with Crippen LogP contribution in [-0.2, 0) is 4.74 Å². The first-order valence-electron chi connectivity index (χ1n) is 5.96. The summed E-state index contributed by atoms with van der Waals surface area (Å²) in [5, 5.41) is 12.2. The highest BCUT2D eigenvalue weighted by Crippen LogP contribution is 2.24. The first-order valence-corrected chi connectivity index (χ1v) is 6.75. The van der Waals surface area contributed by atoms with E-state index in [0.29, 0.717) is 16.5 Å². The van der Waals surface area contributed by atoms with Crippen LogP contribution >= 0.6 is 15.9 Å². The van der Waals surface area contributed by atoms with Gasteiger partial charge in [-0.3, -0.25) is 0 Å². The molecule has 1 aliphatic rings. The van der Waals surface area contributed by atoms with Gasteiger partial charge in [-0.25, -0.2) is 4.79 Å². The number of aromatic carboxylic acids is 1. The van der Waals surface area contributed by atoms with E-state index in [4.69, 9.17) is 9.84 Å². The highest BCUT2D eigenvalue weighted by atomic mass is 79.9. The van der Waals surface area contributed by atoms with Crippen LogP contribution in [0.5, 0.6) is 0 Å². The van der Waals surface area contributed by atoms with Crippen molar-refractivity contribution in [2.24, 2.45) is 5.92 Å². The van der Waals surface area contributed by atoms with Crippen molar-refractivity contribution < 1.29 is 14.6 Å². The summed E-state index contributed by atoms with van der Waals surface area (Å²) in [5.74, 6) is -0.408. The van der Waals surface area contributed by atoms with Gasteiger partial charge < -0.3 is 15.2 Å². The fourth-order valence-electron chi connectivity index (χ4n) is 2.09. The van der Waals surface area contributed by atoms with Crippen LogP contribution in [0.1, 0.15) is 23.7 Å². The first kappa shape index (κ1) is 13.4. The fourth-order valence-corrected chi connectivity index (χ4v) is 2.64. The van der Waals surface area contributed by atoms with E-state index in [1.165, 1.54) is 0 Å². The third-order valence-corrected chi connectivity index (χ3v) is 3.96. The van der Waals surface area contributed by atoms with Gasteiger partial charge in [-0.15, -0.1) is 0 Å². The number of carbonyl (C=O) groups is 1. The molecule has 1 aliphatic heterocycles. The molecule has 1 aromatic carbocycles. The maximum Gasteiger partial charge on any atom is 0.336 e. The van der Waals surface area contributed by atoms with Crippen molar-refractivity contribution in [1.29, 1.82) is 0 Å². The van der Waals surface area contributed by atoms with Gasteiger partial charge in [0.25, 0.3) is 0 Å². The molecule has 0 amide bonds. The predicted octanol–water partition coefficient (Wildman–Crippen LogP) is 2.98. The Morgan fingerprint density at radius 2 is 2.39 bits per heavy atom. The highest BCUT2D eigenvalue weighted by Gasteiger charge is 2.23. The molecule has 4 nitrogen and oxygen atoms in total. The van der Waals surface area contributed by atoms with Crippen LogP contribution in [0.15, 0.2) is 22.7 Å². The fraction of sp³-hybridized carbons (Fsp3) is 0.462. The summed E-state index contributed by atoms with van der Waals surface area (Å²) in [6.45, 7) is 3.76. The second-order valence-corrected chi connectivity index (χ2v) is 5.36.